The van der Waals surface area contributed by atoms with Gasteiger partial charge in [0.05, 0.1) is 40.1 Å². The normalized spacial score (nSPS) is 27.2. The number of aliphatic hydroxyl groups is 2. The number of hydrogen-bond acceptors (Lipinski definition) is 10. The van der Waals surface area contributed by atoms with Gasteiger partial charge < -0.3 is 44.3 Å². The molecule has 2 aromatic rings. The van der Waals surface area contributed by atoms with E-state index in [0.29, 0.717) is 48.9 Å². The molecular weight excluding hydrogens is 560 g/mol. The third kappa shape index (κ3) is 5.33. The van der Waals surface area contributed by atoms with Crippen molar-refractivity contribution in [2.24, 2.45) is 0 Å². The van der Waals surface area contributed by atoms with E-state index in [2.05, 4.69) is 58.4 Å². The van der Waals surface area contributed by atoms with Gasteiger partial charge in [-0.3, -0.25) is 4.90 Å². The van der Waals surface area contributed by atoms with E-state index in [9.17, 15) is 10.2 Å². The van der Waals surface area contributed by atoms with Crippen LogP contribution in [-0.4, -0.2) is 118 Å². The summed E-state index contributed by atoms with van der Waals surface area (Å²) in [5, 5.41) is 29.1. The Morgan fingerprint density at radius 2 is 1.32 bits per heavy atom. The molecule has 4 heterocycles. The van der Waals surface area contributed by atoms with Crippen LogP contribution in [-0.2, 0) is 13.1 Å². The first kappa shape index (κ1) is 31.4. The first-order valence-electron chi connectivity index (χ1n) is 15.9. The predicted octanol–water partition coefficient (Wildman–Crippen LogP) is 2.75. The molecule has 4 atom stereocenters. The third-order valence-corrected chi connectivity index (χ3v) is 10.8. The first-order valence-corrected chi connectivity index (χ1v) is 15.9. The minimum Gasteiger partial charge on any atom is -0.493 e. The van der Waals surface area contributed by atoms with Crippen LogP contribution < -0.4 is 24.3 Å². The van der Waals surface area contributed by atoms with Gasteiger partial charge in [0.25, 0.3) is 0 Å². The van der Waals surface area contributed by atoms with Gasteiger partial charge in [-0.15, -0.1) is 0 Å². The largest absolute Gasteiger partial charge is 0.493 e. The zero-order valence-corrected chi connectivity index (χ0v) is 27.2. The van der Waals surface area contributed by atoms with Gasteiger partial charge in [0.15, 0.2) is 23.0 Å². The lowest BCUT2D eigenvalue weighted by Gasteiger charge is -2.55. The first-order chi connectivity index (χ1) is 21.1. The fourth-order valence-electron chi connectivity index (χ4n) is 8.48. The van der Waals surface area contributed by atoms with Crippen molar-refractivity contribution >= 4 is 0 Å². The van der Waals surface area contributed by atoms with E-state index < -0.39 is 11.3 Å². The van der Waals surface area contributed by atoms with Gasteiger partial charge in [-0.05, 0) is 92.8 Å². The number of fused-ring (bicyclic) bond motifs is 2. The van der Waals surface area contributed by atoms with Gasteiger partial charge in [-0.2, -0.15) is 0 Å². The second-order valence-corrected chi connectivity index (χ2v) is 13.3. The van der Waals surface area contributed by atoms with Crippen LogP contribution in [0.25, 0.3) is 0 Å². The van der Waals surface area contributed by atoms with E-state index in [4.69, 9.17) is 18.9 Å². The van der Waals surface area contributed by atoms with Crippen molar-refractivity contribution in [2.45, 2.75) is 68.0 Å². The summed E-state index contributed by atoms with van der Waals surface area (Å²) in [7, 11) is 10.9. The number of nitrogens with one attached hydrogen (secondary N) is 1. The molecular formula is C34H50N4O6. The Labute approximate surface area is 261 Å². The van der Waals surface area contributed by atoms with Crippen molar-refractivity contribution in [1.29, 1.82) is 0 Å². The number of likely N-dealkylation sites (tertiary alicyclic amines) is 1. The van der Waals surface area contributed by atoms with Crippen LogP contribution in [0, 0.1) is 0 Å². The second-order valence-electron chi connectivity index (χ2n) is 13.3. The molecule has 0 aromatic heterocycles. The van der Waals surface area contributed by atoms with Crippen LogP contribution in [0.2, 0.25) is 0 Å². The van der Waals surface area contributed by atoms with Crippen molar-refractivity contribution in [3.63, 3.8) is 0 Å². The van der Waals surface area contributed by atoms with Crippen molar-refractivity contribution in [3.05, 3.63) is 46.5 Å². The molecule has 10 nitrogen and oxygen atoms in total. The van der Waals surface area contributed by atoms with Gasteiger partial charge in [0.2, 0.25) is 0 Å². The number of rotatable bonds is 8. The zero-order valence-electron chi connectivity index (χ0n) is 27.2. The van der Waals surface area contributed by atoms with Crippen molar-refractivity contribution in [3.8, 4) is 23.0 Å². The Morgan fingerprint density at radius 3 is 1.86 bits per heavy atom. The summed E-state index contributed by atoms with van der Waals surface area (Å²) >= 11 is 0. The summed E-state index contributed by atoms with van der Waals surface area (Å²) in [6.07, 6.45) is 3.07. The smallest absolute Gasteiger partial charge is 0.161 e. The summed E-state index contributed by atoms with van der Waals surface area (Å²) in [5.74, 6) is 2.55. The monoisotopic (exact) mass is 610 g/mol. The summed E-state index contributed by atoms with van der Waals surface area (Å²) in [6.45, 7) is 5.14. The molecule has 0 radical (unpaired) electrons. The molecule has 44 heavy (non-hydrogen) atoms. The molecule has 6 rings (SSSR count). The van der Waals surface area contributed by atoms with E-state index >= 15 is 0 Å². The lowest BCUT2D eigenvalue weighted by molar-refractivity contribution is -0.181. The predicted molar refractivity (Wildman–Crippen MR) is 169 cm³/mol. The van der Waals surface area contributed by atoms with Gasteiger partial charge in [0.1, 0.15) is 5.72 Å². The van der Waals surface area contributed by atoms with Gasteiger partial charge in [-0.25, -0.2) is 0 Å². The molecule has 0 bridgehead atoms. The summed E-state index contributed by atoms with van der Waals surface area (Å²) in [6, 6.07) is 8.17. The van der Waals surface area contributed by atoms with E-state index in [1.165, 1.54) is 0 Å². The minimum absolute atomic E-state index is 0.0748. The average molecular weight is 611 g/mol. The molecule has 4 aliphatic rings. The number of benzene rings is 2. The minimum atomic E-state index is -1.14. The lowest BCUT2D eigenvalue weighted by atomic mass is 9.71. The Balaban J connectivity index is 1.33. The molecule has 4 unspecified atom stereocenters. The highest BCUT2D eigenvalue weighted by molar-refractivity contribution is 5.51. The molecule has 0 amide bonds. The second kappa shape index (κ2) is 12.3. The molecule has 242 valence electrons. The van der Waals surface area contributed by atoms with Crippen molar-refractivity contribution < 1.29 is 29.2 Å². The quantitative estimate of drug-likeness (QED) is 0.414. The van der Waals surface area contributed by atoms with Crippen molar-refractivity contribution in [2.75, 3.05) is 75.3 Å². The maximum Gasteiger partial charge on any atom is 0.161 e. The van der Waals surface area contributed by atoms with Gasteiger partial charge in [-0.1, -0.05) is 0 Å². The fraction of sp³-hybridized carbons (Fsp3) is 0.647. The molecule has 0 spiro atoms. The standard InChI is InChI=1S/C34H50N4O6/c1-36-18-22-14-28(41-3)30(43-5)16-24(22)26(20-36)33(39)9-12-38(13-10-33)34(40,32-8-7-11-35-32)27-21-37(2)19-23-15-29(42-4)31(44-6)17-25(23)27/h14-17,26-27,32,35,39-40H,7-13,18-21H2,1-6H3. The van der Waals surface area contributed by atoms with Crippen LogP contribution in [0.5, 0.6) is 23.0 Å². The van der Waals surface area contributed by atoms with Gasteiger partial charge >= 0.3 is 0 Å². The summed E-state index contributed by atoms with van der Waals surface area (Å²) in [4.78, 5) is 6.82. The van der Waals surface area contributed by atoms with E-state index in [0.717, 1.165) is 67.8 Å². The van der Waals surface area contributed by atoms with E-state index in [1.54, 1.807) is 28.4 Å². The molecule has 2 aromatic carbocycles. The molecule has 10 heteroatoms. The van der Waals surface area contributed by atoms with E-state index in [1.807, 2.05) is 0 Å². The van der Waals surface area contributed by atoms with Gasteiger partial charge in [0, 0.05) is 51.1 Å². The molecule has 4 aliphatic heterocycles. The Morgan fingerprint density at radius 1 is 0.795 bits per heavy atom. The number of nitrogens with zero attached hydrogens (tertiary/aromatic N) is 3. The number of ether oxygens (including phenoxy) is 4. The fourth-order valence-corrected chi connectivity index (χ4v) is 8.48. The Kier molecular flexibility index (Phi) is 8.78. The van der Waals surface area contributed by atoms with Crippen LogP contribution in [0.4, 0.5) is 0 Å². The molecule has 0 saturated carbocycles. The topological polar surface area (TPSA) is 99.1 Å². The van der Waals surface area contributed by atoms with Crippen LogP contribution in [0.15, 0.2) is 24.3 Å². The van der Waals surface area contributed by atoms with Crippen molar-refractivity contribution in [1.82, 2.24) is 20.0 Å². The summed E-state index contributed by atoms with van der Waals surface area (Å²) < 4.78 is 22.6. The molecule has 2 saturated heterocycles. The SMILES string of the molecule is COc1cc2c(cc1OC)C(C1(O)CCN(C(O)(C3CCCN3)C3CN(C)Cc4cc(OC)c(OC)cc43)CC1)CN(C)C2. The highest BCUT2D eigenvalue weighted by atomic mass is 16.5. The molecule has 2 fully saturated rings. The van der Waals surface area contributed by atoms with Crippen LogP contribution >= 0.6 is 0 Å². The van der Waals surface area contributed by atoms with Crippen LogP contribution in [0.3, 0.4) is 0 Å². The molecule has 3 N–H and O–H groups in total. The number of hydrogen-bond donors (Lipinski definition) is 3. The Hall–Kier alpha value is -2.60. The number of likely N-dealkylation sites (N-methyl/N-ethyl adjacent to an activating group) is 2. The Bertz CT molecular complexity index is 1340. The molecule has 0 aliphatic carbocycles. The highest BCUT2D eigenvalue weighted by Crippen LogP contribution is 2.49. The van der Waals surface area contributed by atoms with Crippen LogP contribution in [0.1, 0.15) is 59.8 Å². The summed E-state index contributed by atoms with van der Waals surface area (Å²) in [5.41, 5.74) is 2.50. The lowest BCUT2D eigenvalue weighted by Crippen LogP contribution is -2.68. The maximum atomic E-state index is 13.1. The number of piperidine rings is 1. The van der Waals surface area contributed by atoms with E-state index in [-0.39, 0.29) is 17.9 Å². The maximum absolute atomic E-state index is 13.1. The highest BCUT2D eigenvalue weighted by Gasteiger charge is 2.54. The average Bonchev–Trinajstić information content (AvgIpc) is 3.58. The number of methoxy groups -OCH3 is 4. The zero-order chi connectivity index (χ0) is 31.2. The third-order valence-electron chi connectivity index (χ3n) is 10.8.